The molecule has 1 atom stereocenters. The highest BCUT2D eigenvalue weighted by Crippen LogP contribution is 2.33. The van der Waals surface area contributed by atoms with Gasteiger partial charge in [-0.1, -0.05) is 30.3 Å². The first-order valence-electron chi connectivity index (χ1n) is 7.91. The molecule has 3 aromatic rings. The fourth-order valence-corrected chi connectivity index (χ4v) is 2.87. The average molecular weight is 322 g/mol. The number of hydrogen-bond acceptors (Lipinski definition) is 5. The van der Waals surface area contributed by atoms with E-state index in [2.05, 4.69) is 15.0 Å². The van der Waals surface area contributed by atoms with E-state index < -0.39 is 0 Å². The predicted molar refractivity (Wildman–Crippen MR) is 90.4 cm³/mol. The van der Waals surface area contributed by atoms with E-state index in [9.17, 15) is 5.11 Å². The van der Waals surface area contributed by atoms with Gasteiger partial charge in [0.05, 0.1) is 31.1 Å². The average Bonchev–Trinajstić information content (AvgIpc) is 3.11. The number of benzene rings is 2. The molecule has 2 heterocycles. The molecule has 1 aliphatic heterocycles. The lowest BCUT2D eigenvalue weighted by molar-refractivity contribution is 0.112. The molecule has 0 saturated carbocycles. The van der Waals surface area contributed by atoms with Gasteiger partial charge in [-0.15, -0.1) is 5.10 Å². The molecule has 0 fully saturated rings. The number of fused-ring (bicyclic) bond motifs is 1. The van der Waals surface area contributed by atoms with Crippen LogP contribution in [0.4, 0.5) is 5.69 Å². The smallest absolute Gasteiger partial charge is 0.170 e. The number of anilines is 1. The van der Waals surface area contributed by atoms with E-state index in [4.69, 9.17) is 4.74 Å². The largest absolute Gasteiger partial charge is 0.484 e. The molecular weight excluding hydrogens is 304 g/mol. The monoisotopic (exact) mass is 322 g/mol. The maximum Gasteiger partial charge on any atom is 0.170 e. The van der Waals surface area contributed by atoms with Gasteiger partial charge in [0.25, 0.3) is 0 Å². The van der Waals surface area contributed by atoms with E-state index in [0.29, 0.717) is 13.1 Å². The van der Waals surface area contributed by atoms with Crippen LogP contribution in [0.1, 0.15) is 5.82 Å². The summed E-state index contributed by atoms with van der Waals surface area (Å²) in [6.45, 7) is 1.15. The van der Waals surface area contributed by atoms with Crippen LogP contribution in [0.15, 0.2) is 60.9 Å². The summed E-state index contributed by atoms with van der Waals surface area (Å²) in [4.78, 5) is 6.56. The first kappa shape index (κ1) is 14.7. The van der Waals surface area contributed by atoms with Crippen LogP contribution < -0.4 is 9.64 Å². The van der Waals surface area contributed by atoms with Crippen molar-refractivity contribution in [2.45, 2.75) is 12.6 Å². The van der Waals surface area contributed by atoms with Crippen LogP contribution in [-0.2, 0) is 6.54 Å². The molecule has 1 aliphatic rings. The Balaban J connectivity index is 1.58. The van der Waals surface area contributed by atoms with E-state index in [1.165, 1.54) is 0 Å². The lowest BCUT2D eigenvalue weighted by Crippen LogP contribution is -2.41. The molecule has 1 N–H and O–H groups in total. The summed E-state index contributed by atoms with van der Waals surface area (Å²) in [5, 5.41) is 14.0. The predicted octanol–water partition coefficient (Wildman–Crippen LogP) is 2.03. The van der Waals surface area contributed by atoms with E-state index in [1.54, 1.807) is 11.0 Å². The molecule has 0 radical (unpaired) electrons. The van der Waals surface area contributed by atoms with E-state index in [0.717, 1.165) is 22.9 Å². The molecule has 122 valence electrons. The van der Waals surface area contributed by atoms with Gasteiger partial charge in [0.2, 0.25) is 0 Å². The minimum absolute atomic E-state index is 0.0171. The Kier molecular flexibility index (Phi) is 3.88. The summed E-state index contributed by atoms with van der Waals surface area (Å²) >= 11 is 0. The lowest BCUT2D eigenvalue weighted by Gasteiger charge is -2.34. The Labute approximate surface area is 139 Å². The molecule has 0 unspecified atom stereocenters. The highest BCUT2D eigenvalue weighted by Gasteiger charge is 2.25. The number of ether oxygens (including phenoxy) is 1. The van der Waals surface area contributed by atoms with Crippen molar-refractivity contribution in [3.63, 3.8) is 0 Å². The third-order valence-corrected chi connectivity index (χ3v) is 4.02. The second-order valence-corrected chi connectivity index (χ2v) is 5.71. The molecule has 0 saturated heterocycles. The van der Waals surface area contributed by atoms with Gasteiger partial charge >= 0.3 is 0 Å². The highest BCUT2D eigenvalue weighted by atomic mass is 16.5. The standard InChI is InChI=1S/C18H18N4O2/c23-12-15-10-21(16-8-4-5-9-17(16)24-15)11-18-19-13-22(20-18)14-6-2-1-3-7-14/h1-9,13,15,23H,10-12H2/t15-/m0/s1. The summed E-state index contributed by atoms with van der Waals surface area (Å²) in [5.74, 6) is 1.51. The fourth-order valence-electron chi connectivity index (χ4n) is 2.87. The summed E-state index contributed by atoms with van der Waals surface area (Å²) in [7, 11) is 0. The number of aliphatic hydroxyl groups excluding tert-OH is 1. The van der Waals surface area contributed by atoms with Crippen molar-refractivity contribution in [1.82, 2.24) is 14.8 Å². The van der Waals surface area contributed by atoms with E-state index >= 15 is 0 Å². The van der Waals surface area contributed by atoms with Crippen molar-refractivity contribution in [2.75, 3.05) is 18.1 Å². The van der Waals surface area contributed by atoms with Gasteiger partial charge in [0.1, 0.15) is 18.2 Å². The SMILES string of the molecule is OC[C@@H]1CN(Cc2ncn(-c3ccccc3)n2)c2ccccc2O1. The Morgan fingerprint density at radius 2 is 1.88 bits per heavy atom. The van der Waals surface area contributed by atoms with Crippen molar-refractivity contribution in [3.8, 4) is 11.4 Å². The topological polar surface area (TPSA) is 63.4 Å². The second kappa shape index (κ2) is 6.33. The Morgan fingerprint density at radius 3 is 2.71 bits per heavy atom. The number of para-hydroxylation sites is 3. The van der Waals surface area contributed by atoms with Crippen LogP contribution in [-0.4, -0.2) is 39.1 Å². The van der Waals surface area contributed by atoms with E-state index in [-0.39, 0.29) is 12.7 Å². The van der Waals surface area contributed by atoms with Gasteiger partial charge in [0.15, 0.2) is 5.82 Å². The normalized spacial score (nSPS) is 16.5. The van der Waals surface area contributed by atoms with Gasteiger partial charge in [-0.2, -0.15) is 0 Å². The van der Waals surface area contributed by atoms with Crippen LogP contribution in [0.5, 0.6) is 5.75 Å². The molecule has 24 heavy (non-hydrogen) atoms. The molecule has 0 spiro atoms. The van der Waals surface area contributed by atoms with Gasteiger partial charge in [-0.3, -0.25) is 0 Å². The maximum atomic E-state index is 9.47. The van der Waals surface area contributed by atoms with Gasteiger partial charge in [0, 0.05) is 0 Å². The zero-order valence-electron chi connectivity index (χ0n) is 13.1. The van der Waals surface area contributed by atoms with Crippen LogP contribution in [0, 0.1) is 0 Å². The molecule has 1 aromatic heterocycles. The molecule has 4 rings (SSSR count). The van der Waals surface area contributed by atoms with Crippen LogP contribution in [0.2, 0.25) is 0 Å². The fraction of sp³-hybridized carbons (Fsp3) is 0.222. The molecule has 0 amide bonds. The molecule has 6 heteroatoms. The summed E-state index contributed by atoms with van der Waals surface area (Å²) in [6.07, 6.45) is 1.48. The van der Waals surface area contributed by atoms with Crippen molar-refractivity contribution in [3.05, 3.63) is 66.7 Å². The molecule has 2 aromatic carbocycles. The lowest BCUT2D eigenvalue weighted by atomic mass is 10.2. The van der Waals surface area contributed by atoms with Crippen LogP contribution >= 0.6 is 0 Å². The van der Waals surface area contributed by atoms with Crippen molar-refractivity contribution < 1.29 is 9.84 Å². The van der Waals surface area contributed by atoms with E-state index in [1.807, 2.05) is 54.6 Å². The van der Waals surface area contributed by atoms with Crippen molar-refractivity contribution in [1.29, 1.82) is 0 Å². The third-order valence-electron chi connectivity index (χ3n) is 4.02. The molecule has 0 bridgehead atoms. The Hall–Kier alpha value is -2.86. The first-order valence-corrected chi connectivity index (χ1v) is 7.91. The van der Waals surface area contributed by atoms with Crippen molar-refractivity contribution in [2.24, 2.45) is 0 Å². The zero-order chi connectivity index (χ0) is 16.4. The second-order valence-electron chi connectivity index (χ2n) is 5.71. The van der Waals surface area contributed by atoms with Crippen molar-refractivity contribution >= 4 is 5.69 Å². The molecule has 0 aliphatic carbocycles. The van der Waals surface area contributed by atoms with Gasteiger partial charge in [-0.05, 0) is 24.3 Å². The number of nitrogens with zero attached hydrogens (tertiary/aromatic N) is 4. The Bertz CT molecular complexity index is 819. The third kappa shape index (κ3) is 2.83. The minimum Gasteiger partial charge on any atom is -0.484 e. The molecular formula is C18H18N4O2. The maximum absolute atomic E-state index is 9.47. The zero-order valence-corrected chi connectivity index (χ0v) is 13.1. The van der Waals surface area contributed by atoms with Crippen LogP contribution in [0.3, 0.4) is 0 Å². The van der Waals surface area contributed by atoms with Gasteiger partial charge < -0.3 is 14.7 Å². The van der Waals surface area contributed by atoms with Gasteiger partial charge in [-0.25, -0.2) is 9.67 Å². The Morgan fingerprint density at radius 1 is 1.08 bits per heavy atom. The first-order chi connectivity index (χ1) is 11.8. The summed E-state index contributed by atoms with van der Waals surface area (Å²) in [5.41, 5.74) is 1.98. The van der Waals surface area contributed by atoms with Crippen LogP contribution in [0.25, 0.3) is 5.69 Å². The highest BCUT2D eigenvalue weighted by molar-refractivity contribution is 5.60. The number of hydrogen-bond donors (Lipinski definition) is 1. The minimum atomic E-state index is -0.240. The number of aromatic nitrogens is 3. The molecule has 6 nitrogen and oxygen atoms in total. The summed E-state index contributed by atoms with van der Waals surface area (Å²) < 4.78 is 7.55. The quantitative estimate of drug-likeness (QED) is 0.796. The summed E-state index contributed by atoms with van der Waals surface area (Å²) in [6, 6.07) is 17.7. The number of rotatable bonds is 4. The number of aliphatic hydroxyl groups is 1.